The lowest BCUT2D eigenvalue weighted by Gasteiger charge is -2.18. The maximum Gasteiger partial charge on any atom is 0.305 e. The molecule has 7 nitrogen and oxygen atoms in total. The molecule has 1 rings (SSSR count). The third kappa shape index (κ3) is 35.5. The van der Waals surface area contributed by atoms with E-state index in [-0.39, 0.29) is 43.6 Å². The Labute approximate surface area is 338 Å². The molecule has 1 aliphatic heterocycles. The summed E-state index contributed by atoms with van der Waals surface area (Å²) in [5.41, 5.74) is 0. The molecule has 0 atom stereocenters. The molecule has 0 bridgehead atoms. The number of esters is 3. The van der Waals surface area contributed by atoms with Gasteiger partial charge >= 0.3 is 17.9 Å². The van der Waals surface area contributed by atoms with Crippen LogP contribution in [0.4, 0.5) is 0 Å². The number of ether oxygens (including phenoxy) is 3. The molecule has 0 N–H and O–H groups in total. The number of nitrogens with zero attached hydrogens (tertiary/aromatic N) is 1. The van der Waals surface area contributed by atoms with E-state index in [0.29, 0.717) is 19.3 Å². The van der Waals surface area contributed by atoms with Crippen LogP contribution in [-0.4, -0.2) is 62.3 Å². The number of carbonyl (C=O) groups is 3. The van der Waals surface area contributed by atoms with E-state index in [9.17, 15) is 14.4 Å². The van der Waals surface area contributed by atoms with Crippen molar-refractivity contribution in [2.45, 2.75) is 194 Å². The molecule has 0 radical (unpaired) electrons. The summed E-state index contributed by atoms with van der Waals surface area (Å²) in [5, 5.41) is 0. The second-order valence-electron chi connectivity index (χ2n) is 15.5. The molecule has 1 saturated heterocycles. The van der Waals surface area contributed by atoms with Gasteiger partial charge in [-0.15, -0.1) is 0 Å². The van der Waals surface area contributed by atoms with Crippen molar-refractivity contribution in [3.8, 4) is 0 Å². The fourth-order valence-corrected chi connectivity index (χ4v) is 6.61. The fraction of sp³-hybridized carbons (Fsp3) is 0.771. The summed E-state index contributed by atoms with van der Waals surface area (Å²) < 4.78 is 16.7. The lowest BCUT2D eigenvalue weighted by molar-refractivity contribution is -0.153. The maximum atomic E-state index is 12.5. The van der Waals surface area contributed by atoms with E-state index in [1.54, 1.807) is 0 Å². The van der Waals surface area contributed by atoms with Crippen molar-refractivity contribution >= 4 is 17.9 Å². The van der Waals surface area contributed by atoms with Gasteiger partial charge in [-0.2, -0.15) is 0 Å². The Morgan fingerprint density at radius 3 is 1.20 bits per heavy atom. The van der Waals surface area contributed by atoms with Gasteiger partial charge in [-0.25, -0.2) is 0 Å². The van der Waals surface area contributed by atoms with Crippen LogP contribution in [0.15, 0.2) is 48.6 Å². The highest BCUT2D eigenvalue weighted by atomic mass is 16.6. The Hall–Kier alpha value is -2.67. The van der Waals surface area contributed by atoms with Crippen LogP contribution < -0.4 is 0 Å². The molecule has 55 heavy (non-hydrogen) atoms. The van der Waals surface area contributed by atoms with Crippen LogP contribution in [0.1, 0.15) is 194 Å². The molecule has 0 amide bonds. The highest BCUT2D eigenvalue weighted by Gasteiger charge is 2.18. The average molecular weight is 770 g/mol. The zero-order chi connectivity index (χ0) is 39.7. The van der Waals surface area contributed by atoms with Crippen molar-refractivity contribution in [2.24, 2.45) is 5.92 Å². The van der Waals surface area contributed by atoms with E-state index in [4.69, 9.17) is 14.2 Å². The molecule has 7 heteroatoms. The van der Waals surface area contributed by atoms with Gasteiger partial charge in [0.25, 0.3) is 0 Å². The van der Waals surface area contributed by atoms with E-state index in [0.717, 1.165) is 103 Å². The van der Waals surface area contributed by atoms with Gasteiger partial charge in [0, 0.05) is 19.3 Å². The molecule has 0 saturated carbocycles. The highest BCUT2D eigenvalue weighted by molar-refractivity contribution is 5.70. The van der Waals surface area contributed by atoms with Crippen LogP contribution in [-0.2, 0) is 28.6 Å². The molecule has 0 aromatic rings. The van der Waals surface area contributed by atoms with E-state index in [1.165, 1.54) is 77.0 Å². The van der Waals surface area contributed by atoms with E-state index >= 15 is 0 Å². The van der Waals surface area contributed by atoms with Crippen LogP contribution >= 0.6 is 0 Å². The van der Waals surface area contributed by atoms with Crippen molar-refractivity contribution in [3.63, 3.8) is 0 Å². The third-order valence-electron chi connectivity index (χ3n) is 10.2. The van der Waals surface area contributed by atoms with Gasteiger partial charge in [-0.3, -0.25) is 14.4 Å². The van der Waals surface area contributed by atoms with Gasteiger partial charge in [-0.1, -0.05) is 127 Å². The highest BCUT2D eigenvalue weighted by Crippen LogP contribution is 2.13. The number of allylic oxidation sites excluding steroid dienone is 8. The van der Waals surface area contributed by atoms with Gasteiger partial charge < -0.3 is 19.1 Å². The Bertz CT molecular complexity index is 965. The number of unbranched alkanes of at least 4 members (excludes halogenated alkanes) is 16. The van der Waals surface area contributed by atoms with Crippen LogP contribution in [0.25, 0.3) is 0 Å². The van der Waals surface area contributed by atoms with Gasteiger partial charge in [0.05, 0.1) is 5.92 Å². The Morgan fingerprint density at radius 2 is 0.800 bits per heavy atom. The van der Waals surface area contributed by atoms with E-state index < -0.39 is 0 Å². The van der Waals surface area contributed by atoms with Crippen LogP contribution in [0.3, 0.4) is 0 Å². The molecule has 0 aromatic carbocycles. The van der Waals surface area contributed by atoms with Crippen molar-refractivity contribution in [3.05, 3.63) is 48.6 Å². The van der Waals surface area contributed by atoms with Crippen molar-refractivity contribution in [1.82, 2.24) is 4.90 Å². The van der Waals surface area contributed by atoms with Crippen LogP contribution in [0.5, 0.6) is 0 Å². The fourth-order valence-electron chi connectivity index (χ4n) is 6.61. The van der Waals surface area contributed by atoms with Gasteiger partial charge in [-0.05, 0) is 116 Å². The quantitative estimate of drug-likeness (QED) is 0.0268. The lowest BCUT2D eigenvalue weighted by atomic mass is 10.1. The number of hydrogen-bond donors (Lipinski definition) is 0. The lowest BCUT2D eigenvalue weighted by Crippen LogP contribution is -2.27. The Balaban J connectivity index is 2.24. The maximum absolute atomic E-state index is 12.5. The summed E-state index contributed by atoms with van der Waals surface area (Å²) >= 11 is 0. The van der Waals surface area contributed by atoms with Crippen LogP contribution in [0, 0.1) is 5.92 Å². The first-order chi connectivity index (χ1) is 27.0. The van der Waals surface area contributed by atoms with Crippen molar-refractivity contribution in [1.29, 1.82) is 0 Å². The molecule has 0 aliphatic carbocycles. The molecule has 0 spiro atoms. The van der Waals surface area contributed by atoms with Crippen LogP contribution in [0.2, 0.25) is 0 Å². The molecule has 1 heterocycles. The third-order valence-corrected chi connectivity index (χ3v) is 10.2. The summed E-state index contributed by atoms with van der Waals surface area (Å²) in [6.45, 7) is 7.85. The largest absolute Gasteiger partial charge is 0.465 e. The molecule has 0 unspecified atom stereocenters. The summed E-state index contributed by atoms with van der Waals surface area (Å²) in [7, 11) is 0. The van der Waals surface area contributed by atoms with E-state index in [2.05, 4.69) is 67.4 Å². The predicted molar refractivity (Wildman–Crippen MR) is 230 cm³/mol. The van der Waals surface area contributed by atoms with Crippen molar-refractivity contribution in [2.75, 3.05) is 39.5 Å². The zero-order valence-electron chi connectivity index (χ0n) is 35.6. The molecular weight excluding hydrogens is 687 g/mol. The van der Waals surface area contributed by atoms with Gasteiger partial charge in [0.2, 0.25) is 0 Å². The van der Waals surface area contributed by atoms with Gasteiger partial charge in [0.15, 0.2) is 0 Å². The normalized spacial score (nSPS) is 13.7. The minimum absolute atomic E-state index is 0.0799. The van der Waals surface area contributed by atoms with E-state index in [1.807, 2.05) is 0 Å². The second-order valence-corrected chi connectivity index (χ2v) is 15.5. The molecule has 316 valence electrons. The summed E-state index contributed by atoms with van der Waals surface area (Å²) in [4.78, 5) is 39.9. The molecule has 1 fully saturated rings. The predicted octanol–water partition coefficient (Wildman–Crippen LogP) is 12.7. The Kier molecular flexibility index (Phi) is 36.2. The number of carbonyl (C=O) groups excluding carboxylic acids is 3. The number of likely N-dealkylation sites (tertiary alicyclic amines) is 1. The SMILES string of the molecule is CCCCC/C=C\C/C=C\CCCCCCCC(=O)OCC(COC(=O)CCCCCCC/C=C\C/C=C\CCCCC)COC(=O)CCCN1CCCC1. The zero-order valence-corrected chi connectivity index (χ0v) is 35.6. The first-order valence-corrected chi connectivity index (χ1v) is 22.8. The molecular formula is C48H83NO6. The number of rotatable bonds is 38. The standard InChI is InChI=1S/C48H83NO6/c1-3-5-7-9-11-13-15-17-19-21-23-25-27-29-31-36-46(50)53-42-45(44-55-48(52)38-35-41-49-39-33-34-40-49)43-54-47(51)37-32-30-28-26-24-22-20-18-16-14-12-10-8-6-4-2/h11-14,17-20,45H,3-10,15-16,21-44H2,1-2H3/b13-11-,14-12-,19-17-,20-18-. The first kappa shape index (κ1) is 50.3. The molecule has 0 aromatic heterocycles. The monoisotopic (exact) mass is 770 g/mol. The summed E-state index contributed by atoms with van der Waals surface area (Å²) in [5.74, 6) is -1.12. The minimum Gasteiger partial charge on any atom is -0.465 e. The summed E-state index contributed by atoms with van der Waals surface area (Å²) in [6, 6.07) is 0. The topological polar surface area (TPSA) is 82.1 Å². The average Bonchev–Trinajstić information content (AvgIpc) is 3.71. The number of hydrogen-bond acceptors (Lipinski definition) is 7. The second kappa shape index (κ2) is 39.6. The summed E-state index contributed by atoms with van der Waals surface area (Å²) in [6.07, 6.45) is 47.5. The smallest absolute Gasteiger partial charge is 0.305 e. The van der Waals surface area contributed by atoms with Gasteiger partial charge in [0.1, 0.15) is 19.8 Å². The molecule has 1 aliphatic rings. The first-order valence-electron chi connectivity index (χ1n) is 22.8. The Morgan fingerprint density at radius 1 is 0.455 bits per heavy atom. The minimum atomic E-state index is -0.371. The van der Waals surface area contributed by atoms with Crippen molar-refractivity contribution < 1.29 is 28.6 Å².